The van der Waals surface area contributed by atoms with Crippen molar-refractivity contribution in [1.82, 2.24) is 5.32 Å². The summed E-state index contributed by atoms with van der Waals surface area (Å²) in [6, 6.07) is 0. The van der Waals surface area contributed by atoms with E-state index in [0.29, 0.717) is 0 Å². The molecule has 0 aromatic carbocycles. The molecule has 0 radical (unpaired) electrons. The zero-order chi connectivity index (χ0) is 8.81. The zero-order valence-corrected chi connectivity index (χ0v) is 7.38. The van der Waals surface area contributed by atoms with E-state index >= 15 is 0 Å². The summed E-state index contributed by atoms with van der Waals surface area (Å²) in [7, 11) is 0. The van der Waals surface area contributed by atoms with Gasteiger partial charge in [0.05, 0.1) is 6.54 Å². The van der Waals surface area contributed by atoms with Crippen LogP contribution in [-0.2, 0) is 0 Å². The summed E-state index contributed by atoms with van der Waals surface area (Å²) in [4.78, 5) is 4.29. The van der Waals surface area contributed by atoms with Gasteiger partial charge in [0.1, 0.15) is 5.84 Å². The number of nitrogens with zero attached hydrogens (tertiary/aromatic N) is 1. The molecule has 12 heavy (non-hydrogen) atoms. The van der Waals surface area contributed by atoms with E-state index in [1.165, 1.54) is 5.57 Å². The highest BCUT2D eigenvalue weighted by molar-refractivity contribution is 5.98. The molecule has 0 amide bonds. The van der Waals surface area contributed by atoms with Gasteiger partial charge >= 0.3 is 0 Å². The minimum atomic E-state index is 0.895. The third-order valence-electron chi connectivity index (χ3n) is 1.64. The van der Waals surface area contributed by atoms with Crippen LogP contribution in [0.25, 0.3) is 0 Å². The second-order valence-electron chi connectivity index (χ2n) is 2.63. The van der Waals surface area contributed by atoms with E-state index in [-0.39, 0.29) is 0 Å². The number of nitrogens with one attached hydrogen (secondary N) is 1. The van der Waals surface area contributed by atoms with E-state index in [1.54, 1.807) is 6.08 Å². The average Bonchev–Trinajstić information content (AvgIpc) is 2.56. The second kappa shape index (κ2) is 4.54. The van der Waals surface area contributed by atoms with Crippen LogP contribution in [0.15, 0.2) is 41.4 Å². The number of allylic oxidation sites excluding steroid dienone is 4. The van der Waals surface area contributed by atoms with E-state index in [1.807, 2.05) is 25.2 Å². The fraction of sp³-hybridized carbons (Fsp3) is 0.300. The van der Waals surface area contributed by atoms with E-state index in [9.17, 15) is 0 Å². The first-order chi connectivity index (χ1) is 5.84. The highest BCUT2D eigenvalue weighted by atomic mass is 15.1. The largest absolute Gasteiger partial charge is 0.368 e. The second-order valence-corrected chi connectivity index (χ2v) is 2.63. The molecule has 0 bridgehead atoms. The summed E-state index contributed by atoms with van der Waals surface area (Å²) < 4.78 is 0. The minimum Gasteiger partial charge on any atom is -0.368 e. The van der Waals surface area contributed by atoms with Crippen molar-refractivity contribution in [3.05, 3.63) is 36.5 Å². The van der Waals surface area contributed by atoms with Gasteiger partial charge in [-0.25, -0.2) is 0 Å². The van der Waals surface area contributed by atoms with Crippen LogP contribution in [0.2, 0.25) is 0 Å². The van der Waals surface area contributed by atoms with Crippen LogP contribution in [0.3, 0.4) is 0 Å². The molecule has 0 unspecified atom stereocenters. The molecule has 2 nitrogen and oxygen atoms in total. The van der Waals surface area contributed by atoms with Crippen molar-refractivity contribution in [1.29, 1.82) is 0 Å². The van der Waals surface area contributed by atoms with Crippen LogP contribution < -0.4 is 5.32 Å². The molecule has 0 saturated heterocycles. The topological polar surface area (TPSA) is 24.4 Å². The molecular formula is C10H14N2. The Kier molecular flexibility index (Phi) is 3.33. The van der Waals surface area contributed by atoms with E-state index in [0.717, 1.165) is 18.9 Å². The molecular weight excluding hydrogens is 148 g/mol. The standard InChI is InChI=1S/C10H14N2/c1-3-4-5-6-9(2)10-11-7-8-12-10/h3-6H,1,7-8H2,2H3,(H,11,12)/b5-4-,9-6+. The Hall–Kier alpha value is -1.31. The Labute approximate surface area is 73.4 Å². The van der Waals surface area contributed by atoms with Gasteiger partial charge in [-0.05, 0) is 12.5 Å². The summed E-state index contributed by atoms with van der Waals surface area (Å²) in [5.41, 5.74) is 1.17. The maximum absolute atomic E-state index is 4.29. The van der Waals surface area contributed by atoms with Gasteiger partial charge in [-0.1, -0.05) is 30.9 Å². The number of amidine groups is 1. The first-order valence-corrected chi connectivity index (χ1v) is 4.09. The number of rotatable bonds is 3. The first kappa shape index (κ1) is 8.78. The van der Waals surface area contributed by atoms with Crippen molar-refractivity contribution in [2.75, 3.05) is 13.1 Å². The Morgan fingerprint density at radius 3 is 3.00 bits per heavy atom. The normalized spacial score (nSPS) is 17.8. The lowest BCUT2D eigenvalue weighted by atomic mass is 10.2. The number of aliphatic imine (C=N–C) groups is 1. The Bertz CT molecular complexity index is 247. The number of hydrogen-bond acceptors (Lipinski definition) is 2. The monoisotopic (exact) mass is 162 g/mol. The molecule has 0 saturated carbocycles. The van der Waals surface area contributed by atoms with Crippen LogP contribution in [0.5, 0.6) is 0 Å². The fourth-order valence-electron chi connectivity index (χ4n) is 1.02. The summed E-state index contributed by atoms with van der Waals surface area (Å²) in [6.45, 7) is 7.50. The molecule has 0 spiro atoms. The molecule has 0 fully saturated rings. The molecule has 2 heteroatoms. The van der Waals surface area contributed by atoms with Crippen LogP contribution in [-0.4, -0.2) is 18.9 Å². The van der Waals surface area contributed by atoms with Crippen molar-refractivity contribution in [3.63, 3.8) is 0 Å². The third kappa shape index (κ3) is 2.38. The lowest BCUT2D eigenvalue weighted by Gasteiger charge is -1.99. The SMILES string of the molecule is C=C/C=C\C=C(/C)C1=NCCN1. The average molecular weight is 162 g/mol. The lowest BCUT2D eigenvalue weighted by molar-refractivity contribution is 0.959. The summed E-state index contributed by atoms with van der Waals surface area (Å²) in [5, 5.41) is 3.21. The van der Waals surface area contributed by atoms with Gasteiger partial charge < -0.3 is 5.32 Å². The molecule has 1 rings (SSSR count). The molecule has 0 aromatic heterocycles. The van der Waals surface area contributed by atoms with Crippen molar-refractivity contribution in [3.8, 4) is 0 Å². The third-order valence-corrected chi connectivity index (χ3v) is 1.64. The minimum absolute atomic E-state index is 0.895. The van der Waals surface area contributed by atoms with Crippen molar-refractivity contribution >= 4 is 5.84 Å². The fourth-order valence-corrected chi connectivity index (χ4v) is 1.02. The van der Waals surface area contributed by atoms with Crippen LogP contribution in [0, 0.1) is 0 Å². The Morgan fingerprint density at radius 1 is 1.58 bits per heavy atom. The maximum Gasteiger partial charge on any atom is 0.123 e. The maximum atomic E-state index is 4.29. The Balaban J connectivity index is 2.56. The lowest BCUT2D eigenvalue weighted by Crippen LogP contribution is -2.19. The molecule has 1 N–H and O–H groups in total. The molecule has 1 aliphatic rings. The highest BCUT2D eigenvalue weighted by Gasteiger charge is 2.04. The molecule has 1 heterocycles. The summed E-state index contributed by atoms with van der Waals surface area (Å²) in [6.07, 6.45) is 7.65. The quantitative estimate of drug-likeness (QED) is 0.627. The first-order valence-electron chi connectivity index (χ1n) is 4.09. The van der Waals surface area contributed by atoms with Crippen LogP contribution in [0.1, 0.15) is 6.92 Å². The predicted octanol–water partition coefficient (Wildman–Crippen LogP) is 1.68. The van der Waals surface area contributed by atoms with Gasteiger partial charge in [-0.3, -0.25) is 4.99 Å². The van der Waals surface area contributed by atoms with Gasteiger partial charge in [-0.15, -0.1) is 0 Å². The van der Waals surface area contributed by atoms with Crippen LogP contribution in [0.4, 0.5) is 0 Å². The molecule has 1 aliphatic heterocycles. The highest BCUT2D eigenvalue weighted by Crippen LogP contribution is 1.99. The van der Waals surface area contributed by atoms with Crippen molar-refractivity contribution < 1.29 is 0 Å². The van der Waals surface area contributed by atoms with Gasteiger partial charge in [-0.2, -0.15) is 0 Å². The van der Waals surface area contributed by atoms with E-state index in [2.05, 4.69) is 16.9 Å². The van der Waals surface area contributed by atoms with Gasteiger partial charge in [0.2, 0.25) is 0 Å². The Morgan fingerprint density at radius 2 is 2.42 bits per heavy atom. The van der Waals surface area contributed by atoms with Gasteiger partial charge in [0.25, 0.3) is 0 Å². The number of hydrogen-bond donors (Lipinski definition) is 1. The predicted molar refractivity (Wildman–Crippen MR) is 53.4 cm³/mol. The van der Waals surface area contributed by atoms with E-state index in [4.69, 9.17) is 0 Å². The van der Waals surface area contributed by atoms with Gasteiger partial charge in [0, 0.05) is 6.54 Å². The zero-order valence-electron chi connectivity index (χ0n) is 7.38. The van der Waals surface area contributed by atoms with Gasteiger partial charge in [0.15, 0.2) is 0 Å². The smallest absolute Gasteiger partial charge is 0.123 e. The summed E-state index contributed by atoms with van der Waals surface area (Å²) >= 11 is 0. The molecule has 0 aromatic rings. The molecule has 0 aliphatic carbocycles. The van der Waals surface area contributed by atoms with E-state index < -0.39 is 0 Å². The van der Waals surface area contributed by atoms with Crippen molar-refractivity contribution in [2.24, 2.45) is 4.99 Å². The molecule has 0 atom stereocenters. The molecule has 64 valence electrons. The van der Waals surface area contributed by atoms with Crippen LogP contribution >= 0.6 is 0 Å². The summed E-state index contributed by atoms with van der Waals surface area (Å²) in [5.74, 6) is 1.02. The van der Waals surface area contributed by atoms with Crippen molar-refractivity contribution in [2.45, 2.75) is 6.92 Å².